The van der Waals surface area contributed by atoms with Gasteiger partial charge in [-0.05, 0) is 44.9 Å². The molecule has 8 heteroatoms. The van der Waals surface area contributed by atoms with E-state index < -0.39 is 0 Å². The monoisotopic (exact) mass is 437 g/mol. The number of nitrogen functional groups attached to an aromatic ring is 1. The van der Waals surface area contributed by atoms with Crippen molar-refractivity contribution in [3.05, 3.63) is 41.5 Å². The van der Waals surface area contributed by atoms with Gasteiger partial charge in [-0.25, -0.2) is 9.97 Å². The van der Waals surface area contributed by atoms with E-state index in [0.29, 0.717) is 36.4 Å². The second-order valence-corrected chi connectivity index (χ2v) is 8.62. The van der Waals surface area contributed by atoms with Crippen LogP contribution in [0.25, 0.3) is 10.9 Å². The number of hydrogen-bond acceptors (Lipinski definition) is 8. The van der Waals surface area contributed by atoms with Gasteiger partial charge >= 0.3 is 0 Å². The van der Waals surface area contributed by atoms with Crippen LogP contribution in [-0.4, -0.2) is 42.4 Å². The van der Waals surface area contributed by atoms with E-state index in [2.05, 4.69) is 29.1 Å². The van der Waals surface area contributed by atoms with E-state index in [1.807, 2.05) is 31.2 Å². The third-order valence-corrected chi connectivity index (χ3v) is 5.92. The van der Waals surface area contributed by atoms with E-state index in [1.54, 1.807) is 14.2 Å². The molecule has 0 bridgehead atoms. The van der Waals surface area contributed by atoms with Crippen molar-refractivity contribution in [1.29, 1.82) is 0 Å². The lowest BCUT2D eigenvalue weighted by molar-refractivity contribution is 0.144. The Bertz CT molecular complexity index is 1130. The standard InChI is InChI=1S/C24H31N5O3/c1-14(18-10-16(25)11-22(29-18)24(3)6-7-24)26-23-17-12-21(32-9-8-30-4)20(31-5)13-19(17)27-15(2)28-23/h10-14H,6-9H2,1-5H3,(H2,25,29)(H,26,27,28). The summed E-state index contributed by atoms with van der Waals surface area (Å²) in [4.78, 5) is 14.2. The van der Waals surface area contributed by atoms with Gasteiger partial charge in [0.1, 0.15) is 18.2 Å². The molecule has 8 nitrogen and oxygen atoms in total. The summed E-state index contributed by atoms with van der Waals surface area (Å²) in [5, 5.41) is 4.35. The molecule has 4 rings (SSSR count). The van der Waals surface area contributed by atoms with Gasteiger partial charge in [-0.2, -0.15) is 0 Å². The summed E-state index contributed by atoms with van der Waals surface area (Å²) >= 11 is 0. The molecule has 1 aliphatic carbocycles. The lowest BCUT2D eigenvalue weighted by Crippen LogP contribution is -2.14. The predicted octanol–water partition coefficient (Wildman–Crippen LogP) is 4.17. The molecule has 0 amide bonds. The first-order valence-corrected chi connectivity index (χ1v) is 10.9. The van der Waals surface area contributed by atoms with Crippen molar-refractivity contribution < 1.29 is 14.2 Å². The van der Waals surface area contributed by atoms with Crippen molar-refractivity contribution in [3.8, 4) is 11.5 Å². The van der Waals surface area contributed by atoms with E-state index in [1.165, 1.54) is 0 Å². The van der Waals surface area contributed by atoms with Gasteiger partial charge in [0.15, 0.2) is 11.5 Å². The number of hydrogen-bond donors (Lipinski definition) is 2. The van der Waals surface area contributed by atoms with Gasteiger partial charge in [0.25, 0.3) is 0 Å². The Labute approximate surface area is 188 Å². The van der Waals surface area contributed by atoms with Crippen LogP contribution in [0.1, 0.15) is 49.9 Å². The van der Waals surface area contributed by atoms with Crippen LogP contribution in [0.5, 0.6) is 11.5 Å². The molecule has 0 saturated heterocycles. The van der Waals surface area contributed by atoms with Crippen LogP contribution in [0.3, 0.4) is 0 Å². The average molecular weight is 438 g/mol. The summed E-state index contributed by atoms with van der Waals surface area (Å²) in [6, 6.07) is 7.58. The van der Waals surface area contributed by atoms with Crippen molar-refractivity contribution in [2.75, 3.05) is 38.5 Å². The molecule has 170 valence electrons. The molecule has 0 spiro atoms. The van der Waals surface area contributed by atoms with E-state index in [-0.39, 0.29) is 11.5 Å². The molecule has 1 aromatic carbocycles. The van der Waals surface area contributed by atoms with Gasteiger partial charge in [0.2, 0.25) is 0 Å². The Morgan fingerprint density at radius 1 is 1.06 bits per heavy atom. The van der Waals surface area contributed by atoms with Gasteiger partial charge < -0.3 is 25.3 Å². The lowest BCUT2D eigenvalue weighted by atomic mass is 10.0. The topological polar surface area (TPSA) is 104 Å². The number of anilines is 2. The molecule has 1 atom stereocenters. The van der Waals surface area contributed by atoms with Crippen LogP contribution in [0.15, 0.2) is 24.3 Å². The summed E-state index contributed by atoms with van der Waals surface area (Å²) in [5.74, 6) is 2.61. The van der Waals surface area contributed by atoms with E-state index in [4.69, 9.17) is 24.9 Å². The first-order valence-electron chi connectivity index (χ1n) is 10.9. The van der Waals surface area contributed by atoms with Crippen LogP contribution in [0.2, 0.25) is 0 Å². The Balaban J connectivity index is 1.69. The maximum atomic E-state index is 6.21. The Morgan fingerprint density at radius 2 is 1.84 bits per heavy atom. The molecule has 3 N–H and O–H groups in total. The quantitative estimate of drug-likeness (QED) is 0.481. The highest BCUT2D eigenvalue weighted by molar-refractivity contribution is 5.92. The lowest BCUT2D eigenvalue weighted by Gasteiger charge is -2.19. The SMILES string of the molecule is COCCOc1cc2c(NC(C)c3cc(N)cc(C4(C)CC4)n3)nc(C)nc2cc1OC. The third-order valence-electron chi connectivity index (χ3n) is 5.92. The first kappa shape index (κ1) is 22.1. The maximum Gasteiger partial charge on any atom is 0.162 e. The average Bonchev–Trinajstić information content (AvgIpc) is 3.52. The molecule has 0 aliphatic heterocycles. The van der Waals surface area contributed by atoms with Crippen molar-refractivity contribution in [1.82, 2.24) is 15.0 Å². The number of aryl methyl sites for hydroxylation is 1. The van der Waals surface area contributed by atoms with E-state index in [9.17, 15) is 0 Å². The number of ether oxygens (including phenoxy) is 3. The van der Waals surface area contributed by atoms with Gasteiger partial charge in [-0.3, -0.25) is 4.98 Å². The normalized spacial score (nSPS) is 15.4. The zero-order chi connectivity index (χ0) is 22.9. The van der Waals surface area contributed by atoms with Crippen LogP contribution in [0.4, 0.5) is 11.5 Å². The molecule has 1 saturated carbocycles. The number of nitrogens with one attached hydrogen (secondary N) is 1. The van der Waals surface area contributed by atoms with Gasteiger partial charge in [-0.15, -0.1) is 0 Å². The van der Waals surface area contributed by atoms with Crippen LogP contribution >= 0.6 is 0 Å². The number of benzene rings is 1. The fraction of sp³-hybridized carbons (Fsp3) is 0.458. The van der Waals surface area contributed by atoms with Gasteiger partial charge in [-0.1, -0.05) is 6.92 Å². The van der Waals surface area contributed by atoms with Crippen molar-refractivity contribution in [2.24, 2.45) is 0 Å². The molecule has 2 aromatic heterocycles. The minimum absolute atomic E-state index is 0.0999. The smallest absolute Gasteiger partial charge is 0.162 e. The summed E-state index contributed by atoms with van der Waals surface area (Å²) in [7, 11) is 3.25. The maximum absolute atomic E-state index is 6.21. The molecule has 0 radical (unpaired) electrons. The largest absolute Gasteiger partial charge is 0.493 e. The number of pyridine rings is 1. The third kappa shape index (κ3) is 4.55. The molecule has 1 fully saturated rings. The van der Waals surface area contributed by atoms with Crippen LogP contribution in [-0.2, 0) is 10.2 Å². The summed E-state index contributed by atoms with van der Waals surface area (Å²) in [6.45, 7) is 7.06. The predicted molar refractivity (Wildman–Crippen MR) is 125 cm³/mol. The fourth-order valence-corrected chi connectivity index (χ4v) is 3.70. The van der Waals surface area contributed by atoms with Crippen molar-refractivity contribution in [3.63, 3.8) is 0 Å². The van der Waals surface area contributed by atoms with Gasteiger partial charge in [0.05, 0.1) is 31.0 Å². The molecule has 3 aromatic rings. The molecule has 2 heterocycles. The number of methoxy groups -OCH3 is 2. The summed E-state index contributed by atoms with van der Waals surface area (Å²) in [5.41, 5.74) is 9.81. The van der Waals surface area contributed by atoms with E-state index in [0.717, 1.165) is 40.8 Å². The van der Waals surface area contributed by atoms with Crippen molar-refractivity contribution in [2.45, 2.75) is 45.1 Å². The van der Waals surface area contributed by atoms with Crippen LogP contribution < -0.4 is 20.5 Å². The number of nitrogens with zero attached hydrogens (tertiary/aromatic N) is 3. The molecular weight excluding hydrogens is 406 g/mol. The second kappa shape index (κ2) is 8.78. The highest BCUT2D eigenvalue weighted by Gasteiger charge is 2.40. The van der Waals surface area contributed by atoms with Crippen molar-refractivity contribution >= 4 is 22.4 Å². The zero-order valence-electron chi connectivity index (χ0n) is 19.4. The number of rotatable bonds is 9. The highest BCUT2D eigenvalue weighted by Crippen LogP contribution is 2.47. The Hall–Kier alpha value is -3.13. The highest BCUT2D eigenvalue weighted by atomic mass is 16.5. The van der Waals surface area contributed by atoms with Crippen LogP contribution in [0, 0.1) is 6.92 Å². The second-order valence-electron chi connectivity index (χ2n) is 8.62. The number of nitrogens with two attached hydrogens (primary N) is 1. The molecule has 32 heavy (non-hydrogen) atoms. The minimum atomic E-state index is -0.0999. The number of aromatic nitrogens is 3. The molecule has 1 aliphatic rings. The Kier molecular flexibility index (Phi) is 6.06. The zero-order valence-corrected chi connectivity index (χ0v) is 19.4. The van der Waals surface area contributed by atoms with Gasteiger partial charge in [0, 0.05) is 35.4 Å². The fourth-order valence-electron chi connectivity index (χ4n) is 3.70. The number of fused-ring (bicyclic) bond motifs is 1. The summed E-state index contributed by atoms with van der Waals surface area (Å²) < 4.78 is 16.5. The molecule has 1 unspecified atom stereocenters. The molecular formula is C24H31N5O3. The first-order chi connectivity index (χ1) is 15.3. The Morgan fingerprint density at radius 3 is 2.53 bits per heavy atom. The minimum Gasteiger partial charge on any atom is -0.493 e. The summed E-state index contributed by atoms with van der Waals surface area (Å²) in [6.07, 6.45) is 2.29. The van der Waals surface area contributed by atoms with E-state index >= 15 is 0 Å².